The first-order valence-electron chi connectivity index (χ1n) is 7.59. The van der Waals surface area contributed by atoms with Crippen LogP contribution < -0.4 is 10.1 Å². The molecule has 1 aromatic carbocycles. The highest BCUT2D eigenvalue weighted by Gasteiger charge is 2.24. The van der Waals surface area contributed by atoms with Gasteiger partial charge in [0.2, 0.25) is 0 Å². The van der Waals surface area contributed by atoms with Crippen molar-refractivity contribution in [2.24, 2.45) is 5.92 Å². The van der Waals surface area contributed by atoms with Crippen molar-refractivity contribution in [1.29, 1.82) is 0 Å². The quantitative estimate of drug-likeness (QED) is 0.886. The molecule has 1 saturated carbocycles. The maximum atomic E-state index is 9.82. The molecule has 1 heterocycles. The summed E-state index contributed by atoms with van der Waals surface area (Å²) in [5.74, 6) is 1.19. The van der Waals surface area contributed by atoms with Gasteiger partial charge in [-0.25, -0.2) is 4.98 Å². The maximum Gasteiger partial charge on any atom is 0.145 e. The van der Waals surface area contributed by atoms with E-state index in [1.807, 2.05) is 24.3 Å². The van der Waals surface area contributed by atoms with Crippen LogP contribution in [0.5, 0.6) is 5.75 Å². The predicted molar refractivity (Wildman–Crippen MR) is 83.3 cm³/mol. The molecule has 0 spiro atoms. The molecular weight excluding hydrogens is 264 g/mol. The van der Waals surface area contributed by atoms with Crippen molar-refractivity contribution in [3.05, 3.63) is 36.0 Å². The van der Waals surface area contributed by atoms with Crippen LogP contribution >= 0.6 is 0 Å². The number of aromatic nitrogens is 1. The van der Waals surface area contributed by atoms with Gasteiger partial charge >= 0.3 is 0 Å². The number of fused-ring (bicyclic) bond motifs is 1. The summed E-state index contributed by atoms with van der Waals surface area (Å²) in [4.78, 5) is 4.68. The van der Waals surface area contributed by atoms with E-state index in [2.05, 4.69) is 16.4 Å². The minimum atomic E-state index is -0.137. The van der Waals surface area contributed by atoms with Gasteiger partial charge in [0.05, 0.1) is 18.9 Å². The zero-order chi connectivity index (χ0) is 14.7. The molecule has 4 heteroatoms. The summed E-state index contributed by atoms with van der Waals surface area (Å²) < 4.78 is 5.37. The molecule has 1 aliphatic rings. The molecule has 3 rings (SSSR count). The Morgan fingerprint density at radius 1 is 1.29 bits per heavy atom. The Labute approximate surface area is 125 Å². The van der Waals surface area contributed by atoms with Crippen molar-refractivity contribution < 1.29 is 9.84 Å². The molecule has 0 aliphatic heterocycles. The smallest absolute Gasteiger partial charge is 0.145 e. The van der Waals surface area contributed by atoms with E-state index >= 15 is 0 Å². The molecule has 4 nitrogen and oxygen atoms in total. The Bertz CT molecular complexity index is 615. The lowest BCUT2D eigenvalue weighted by atomic mass is 10.1. The largest absolute Gasteiger partial charge is 0.494 e. The lowest BCUT2D eigenvalue weighted by molar-refractivity contribution is 0.131. The van der Waals surface area contributed by atoms with Gasteiger partial charge in [-0.1, -0.05) is 24.6 Å². The summed E-state index contributed by atoms with van der Waals surface area (Å²) in [6, 6.07) is 10.1. The third-order valence-electron chi connectivity index (χ3n) is 4.29. The number of para-hydroxylation sites is 1. The zero-order valence-corrected chi connectivity index (χ0v) is 12.4. The number of methoxy groups -OCH3 is 1. The van der Waals surface area contributed by atoms with Crippen molar-refractivity contribution in [2.45, 2.75) is 31.9 Å². The van der Waals surface area contributed by atoms with Gasteiger partial charge in [-0.05, 0) is 30.9 Å². The van der Waals surface area contributed by atoms with Gasteiger partial charge in [-0.2, -0.15) is 0 Å². The standard InChI is InChI=1S/C17H22N2O2/c1-21-16-7-3-4-12-8-9-14(19-17(12)16)11-18-10-13-5-2-6-15(13)20/h3-4,7-9,13,15,18,20H,2,5-6,10-11H2,1H3. The monoisotopic (exact) mass is 286 g/mol. The maximum absolute atomic E-state index is 9.82. The molecule has 2 atom stereocenters. The van der Waals surface area contributed by atoms with Crippen molar-refractivity contribution in [3.63, 3.8) is 0 Å². The van der Waals surface area contributed by atoms with Crippen LogP contribution in [0, 0.1) is 5.92 Å². The number of aliphatic hydroxyl groups is 1. The summed E-state index contributed by atoms with van der Waals surface area (Å²) in [5.41, 5.74) is 1.90. The summed E-state index contributed by atoms with van der Waals surface area (Å²) >= 11 is 0. The van der Waals surface area contributed by atoms with Crippen LogP contribution in [-0.2, 0) is 6.54 Å². The molecule has 2 unspecified atom stereocenters. The first-order chi connectivity index (χ1) is 10.3. The van der Waals surface area contributed by atoms with Crippen molar-refractivity contribution in [1.82, 2.24) is 10.3 Å². The van der Waals surface area contributed by atoms with Crippen LogP contribution in [0.15, 0.2) is 30.3 Å². The van der Waals surface area contributed by atoms with E-state index in [9.17, 15) is 5.11 Å². The number of aliphatic hydroxyl groups excluding tert-OH is 1. The Morgan fingerprint density at radius 3 is 2.95 bits per heavy atom. The van der Waals surface area contributed by atoms with E-state index in [0.29, 0.717) is 5.92 Å². The molecule has 0 radical (unpaired) electrons. The number of benzene rings is 1. The lowest BCUT2D eigenvalue weighted by Crippen LogP contribution is -2.27. The molecule has 2 N–H and O–H groups in total. The second kappa shape index (κ2) is 6.41. The van der Waals surface area contributed by atoms with Crippen LogP contribution in [0.25, 0.3) is 10.9 Å². The van der Waals surface area contributed by atoms with Crippen LogP contribution in [0.2, 0.25) is 0 Å². The summed E-state index contributed by atoms with van der Waals surface area (Å²) in [5, 5.41) is 14.3. The van der Waals surface area contributed by atoms with Gasteiger partial charge in [0, 0.05) is 18.5 Å². The number of ether oxygens (including phenoxy) is 1. The van der Waals surface area contributed by atoms with Crippen LogP contribution in [0.3, 0.4) is 0 Å². The highest BCUT2D eigenvalue weighted by Crippen LogP contribution is 2.25. The Morgan fingerprint density at radius 2 is 2.19 bits per heavy atom. The topological polar surface area (TPSA) is 54.4 Å². The number of rotatable bonds is 5. The van der Waals surface area contributed by atoms with Crippen LogP contribution in [0.1, 0.15) is 25.0 Å². The van der Waals surface area contributed by atoms with Gasteiger partial charge in [0.25, 0.3) is 0 Å². The Balaban J connectivity index is 1.67. The van der Waals surface area contributed by atoms with Crippen molar-refractivity contribution in [2.75, 3.05) is 13.7 Å². The fourth-order valence-corrected chi connectivity index (χ4v) is 3.06. The highest BCUT2D eigenvalue weighted by molar-refractivity contribution is 5.84. The van der Waals surface area contributed by atoms with Crippen LogP contribution in [-0.4, -0.2) is 29.8 Å². The SMILES string of the molecule is COc1cccc2ccc(CNCC3CCCC3O)nc12. The van der Waals surface area contributed by atoms with E-state index in [0.717, 1.165) is 54.7 Å². The Kier molecular flexibility index (Phi) is 4.36. The zero-order valence-electron chi connectivity index (χ0n) is 12.4. The second-order valence-corrected chi connectivity index (χ2v) is 5.72. The molecule has 0 bridgehead atoms. The number of nitrogens with one attached hydrogen (secondary N) is 1. The molecule has 112 valence electrons. The van der Waals surface area contributed by atoms with E-state index in [1.165, 1.54) is 0 Å². The minimum Gasteiger partial charge on any atom is -0.494 e. The number of hydrogen-bond acceptors (Lipinski definition) is 4. The normalized spacial score (nSPS) is 21.8. The Hall–Kier alpha value is -1.65. The van der Waals surface area contributed by atoms with E-state index in [1.54, 1.807) is 7.11 Å². The molecule has 1 aliphatic carbocycles. The average molecular weight is 286 g/mol. The highest BCUT2D eigenvalue weighted by atomic mass is 16.5. The molecule has 2 aromatic rings. The van der Waals surface area contributed by atoms with Crippen LogP contribution in [0.4, 0.5) is 0 Å². The number of pyridine rings is 1. The van der Waals surface area contributed by atoms with Gasteiger partial charge in [0.1, 0.15) is 11.3 Å². The molecule has 1 aromatic heterocycles. The van der Waals surface area contributed by atoms with Crippen molar-refractivity contribution in [3.8, 4) is 5.75 Å². The third kappa shape index (κ3) is 3.17. The number of hydrogen-bond donors (Lipinski definition) is 2. The van der Waals surface area contributed by atoms with Crippen molar-refractivity contribution >= 4 is 10.9 Å². The third-order valence-corrected chi connectivity index (χ3v) is 4.29. The molecule has 21 heavy (non-hydrogen) atoms. The van der Waals surface area contributed by atoms with E-state index < -0.39 is 0 Å². The fraction of sp³-hybridized carbons (Fsp3) is 0.471. The van der Waals surface area contributed by atoms with Gasteiger partial charge in [-0.3, -0.25) is 0 Å². The first-order valence-corrected chi connectivity index (χ1v) is 7.59. The van der Waals surface area contributed by atoms with E-state index in [4.69, 9.17) is 4.74 Å². The predicted octanol–water partition coefficient (Wildman–Crippen LogP) is 2.49. The molecular formula is C17H22N2O2. The molecule has 0 amide bonds. The van der Waals surface area contributed by atoms with Gasteiger partial charge < -0.3 is 15.2 Å². The first kappa shape index (κ1) is 14.3. The summed E-state index contributed by atoms with van der Waals surface area (Å²) in [6.07, 6.45) is 3.06. The minimum absolute atomic E-state index is 0.137. The fourth-order valence-electron chi connectivity index (χ4n) is 3.06. The van der Waals surface area contributed by atoms with Gasteiger partial charge in [-0.15, -0.1) is 0 Å². The molecule has 0 saturated heterocycles. The second-order valence-electron chi connectivity index (χ2n) is 5.72. The molecule has 1 fully saturated rings. The van der Waals surface area contributed by atoms with E-state index in [-0.39, 0.29) is 6.10 Å². The average Bonchev–Trinajstić information content (AvgIpc) is 2.92. The lowest BCUT2D eigenvalue weighted by Gasteiger charge is -2.15. The van der Waals surface area contributed by atoms with Gasteiger partial charge in [0.15, 0.2) is 0 Å². The number of nitrogens with zero attached hydrogens (tertiary/aromatic N) is 1. The summed E-state index contributed by atoms with van der Waals surface area (Å²) in [7, 11) is 1.67. The summed E-state index contributed by atoms with van der Waals surface area (Å²) in [6.45, 7) is 1.57.